The number of hydrogen-bond donors (Lipinski definition) is 3. The molecule has 3 N–H and O–H groups in total. The van der Waals surface area contributed by atoms with E-state index < -0.39 is 0 Å². The van der Waals surface area contributed by atoms with Gasteiger partial charge in [-0.25, -0.2) is 0 Å². The van der Waals surface area contributed by atoms with Gasteiger partial charge in [0, 0.05) is 4.88 Å². The fourth-order valence-corrected chi connectivity index (χ4v) is 3.73. The zero-order valence-corrected chi connectivity index (χ0v) is 13.8. The summed E-state index contributed by atoms with van der Waals surface area (Å²) in [6.45, 7) is 1.56. The molecule has 1 aliphatic rings. The van der Waals surface area contributed by atoms with Crippen molar-refractivity contribution in [2.45, 2.75) is 45.4 Å². The molecule has 0 saturated heterocycles. The Hall–Kier alpha value is -2.22. The van der Waals surface area contributed by atoms with Crippen LogP contribution in [-0.2, 0) is 12.8 Å². The van der Waals surface area contributed by atoms with Gasteiger partial charge in [0.15, 0.2) is 0 Å². The van der Waals surface area contributed by atoms with E-state index >= 15 is 0 Å². The average Bonchev–Trinajstić information content (AvgIpc) is 2.90. The molecule has 0 aromatic carbocycles. The molecule has 0 saturated carbocycles. The first-order valence-corrected chi connectivity index (χ1v) is 8.56. The molecule has 2 aromatic rings. The molecule has 3 rings (SSSR count). The number of fused-ring (bicyclic) bond motifs is 1. The fraction of sp³-hybridized carbons (Fsp3) is 0.467. The Bertz CT molecular complexity index is 742. The minimum absolute atomic E-state index is 0.115. The van der Waals surface area contributed by atoms with Gasteiger partial charge in [-0.3, -0.25) is 25.4 Å². The molecule has 1 aliphatic carbocycles. The number of aromatic nitrogens is 3. The van der Waals surface area contributed by atoms with Crippen LogP contribution in [0.2, 0.25) is 0 Å². The summed E-state index contributed by atoms with van der Waals surface area (Å²) in [6, 6.07) is 1.98. The predicted molar refractivity (Wildman–Crippen MR) is 88.7 cm³/mol. The van der Waals surface area contributed by atoms with E-state index in [1.54, 1.807) is 18.3 Å². The second kappa shape index (κ2) is 6.91. The minimum atomic E-state index is -0.337. The van der Waals surface area contributed by atoms with E-state index in [9.17, 15) is 9.59 Å². The lowest BCUT2D eigenvalue weighted by Gasteiger charge is -2.07. The number of anilines is 1. The summed E-state index contributed by atoms with van der Waals surface area (Å²) in [6.07, 6.45) is 6.99. The lowest BCUT2D eigenvalue weighted by Crippen LogP contribution is -2.31. The molecule has 0 fully saturated rings. The van der Waals surface area contributed by atoms with E-state index in [1.165, 1.54) is 36.1 Å². The predicted octanol–water partition coefficient (Wildman–Crippen LogP) is 1.95. The van der Waals surface area contributed by atoms with Crippen molar-refractivity contribution in [3.05, 3.63) is 37.4 Å². The number of carbonyl (C=O) groups is 1. The van der Waals surface area contributed by atoms with Crippen LogP contribution >= 0.6 is 11.3 Å². The van der Waals surface area contributed by atoms with Gasteiger partial charge >= 0.3 is 0 Å². The van der Waals surface area contributed by atoms with Crippen molar-refractivity contribution in [2.24, 2.45) is 0 Å². The lowest BCUT2D eigenvalue weighted by atomic mass is 10.00. The molecular weight excluding hydrogens is 314 g/mol. The van der Waals surface area contributed by atoms with Crippen LogP contribution in [0.25, 0.3) is 0 Å². The molecule has 2 heterocycles. The Morgan fingerprint density at radius 2 is 2.00 bits per heavy atom. The van der Waals surface area contributed by atoms with Crippen molar-refractivity contribution in [3.63, 3.8) is 0 Å². The second-order valence-corrected chi connectivity index (χ2v) is 6.78. The maximum Gasteiger partial charge on any atom is 0.279 e. The number of amides is 1. The van der Waals surface area contributed by atoms with Gasteiger partial charge in [0.1, 0.15) is 5.69 Å². The monoisotopic (exact) mass is 333 g/mol. The van der Waals surface area contributed by atoms with Crippen molar-refractivity contribution in [3.8, 4) is 0 Å². The maximum absolute atomic E-state index is 12.3. The lowest BCUT2D eigenvalue weighted by molar-refractivity contribution is 0.0966. The van der Waals surface area contributed by atoms with Gasteiger partial charge in [-0.1, -0.05) is 12.8 Å². The Morgan fingerprint density at radius 3 is 2.78 bits per heavy atom. The number of hydrogen-bond acceptors (Lipinski definition) is 6. The van der Waals surface area contributed by atoms with Gasteiger partial charge in [-0.05, 0) is 44.2 Å². The van der Waals surface area contributed by atoms with Crippen LogP contribution in [0.5, 0.6) is 0 Å². The van der Waals surface area contributed by atoms with Crippen LogP contribution in [0.1, 0.15) is 51.5 Å². The number of carbonyl (C=O) groups excluding carboxylic acids is 1. The third-order valence-corrected chi connectivity index (χ3v) is 5.11. The summed E-state index contributed by atoms with van der Waals surface area (Å²) in [5, 5.41) is 7.46. The van der Waals surface area contributed by atoms with Crippen LogP contribution in [0.3, 0.4) is 0 Å². The van der Waals surface area contributed by atoms with Gasteiger partial charge in [-0.2, -0.15) is 0 Å². The number of H-pyrrole nitrogens is 1. The minimum Gasteiger partial charge on any atom is -0.288 e. The zero-order valence-electron chi connectivity index (χ0n) is 12.9. The van der Waals surface area contributed by atoms with E-state index in [2.05, 4.69) is 26.0 Å². The van der Waals surface area contributed by atoms with Crippen molar-refractivity contribution in [2.75, 3.05) is 5.43 Å². The van der Waals surface area contributed by atoms with Gasteiger partial charge in [-0.15, -0.1) is 21.5 Å². The highest BCUT2D eigenvalue weighted by molar-refractivity contribution is 7.14. The molecule has 122 valence electrons. The van der Waals surface area contributed by atoms with E-state index in [1.807, 2.05) is 6.07 Å². The van der Waals surface area contributed by atoms with Crippen molar-refractivity contribution in [1.29, 1.82) is 0 Å². The number of nitrogens with zero attached hydrogens (tertiary/aromatic N) is 2. The standard InChI is InChI=1S/C15H19N5O2S/c1-9-13(21)16-15(19-17-9)20-18-14(22)12-8-10-6-4-2-3-5-7-11(10)23-12/h8H,2-7H2,1H3,(H,18,22)(H2,16,19,20,21). The highest BCUT2D eigenvalue weighted by atomic mass is 32.1. The maximum atomic E-state index is 12.3. The van der Waals surface area contributed by atoms with Gasteiger partial charge in [0.25, 0.3) is 11.5 Å². The number of aromatic amines is 1. The number of thiophene rings is 1. The summed E-state index contributed by atoms with van der Waals surface area (Å²) in [4.78, 5) is 28.2. The molecule has 0 bridgehead atoms. The molecule has 23 heavy (non-hydrogen) atoms. The first-order valence-electron chi connectivity index (χ1n) is 7.75. The normalized spacial score (nSPS) is 14.5. The zero-order chi connectivity index (χ0) is 16.2. The summed E-state index contributed by atoms with van der Waals surface area (Å²) < 4.78 is 0. The molecule has 0 atom stereocenters. The third-order valence-electron chi connectivity index (χ3n) is 3.88. The largest absolute Gasteiger partial charge is 0.288 e. The molecule has 1 amide bonds. The van der Waals surface area contributed by atoms with Crippen molar-refractivity contribution in [1.82, 2.24) is 20.6 Å². The summed E-state index contributed by atoms with van der Waals surface area (Å²) in [5.41, 5.74) is 6.38. The molecule has 8 heteroatoms. The van der Waals surface area contributed by atoms with Crippen molar-refractivity contribution >= 4 is 23.2 Å². The van der Waals surface area contributed by atoms with Crippen LogP contribution in [0, 0.1) is 6.92 Å². The Balaban J connectivity index is 1.67. The van der Waals surface area contributed by atoms with Crippen LogP contribution in [0.4, 0.5) is 5.95 Å². The van der Waals surface area contributed by atoms with Gasteiger partial charge < -0.3 is 0 Å². The van der Waals surface area contributed by atoms with E-state index in [-0.39, 0.29) is 23.1 Å². The topological polar surface area (TPSA) is 99.8 Å². The number of rotatable bonds is 3. The Labute approximate surface area is 137 Å². The Morgan fingerprint density at radius 1 is 1.22 bits per heavy atom. The Kier molecular flexibility index (Phi) is 4.71. The molecule has 0 radical (unpaired) electrons. The first kappa shape index (κ1) is 15.7. The number of aryl methyl sites for hydroxylation is 3. The first-order chi connectivity index (χ1) is 11.1. The smallest absolute Gasteiger partial charge is 0.279 e. The number of nitrogens with one attached hydrogen (secondary N) is 3. The van der Waals surface area contributed by atoms with Crippen LogP contribution in [0.15, 0.2) is 10.9 Å². The van der Waals surface area contributed by atoms with Crippen LogP contribution in [-0.4, -0.2) is 21.1 Å². The van der Waals surface area contributed by atoms with E-state index in [4.69, 9.17) is 0 Å². The highest BCUT2D eigenvalue weighted by Crippen LogP contribution is 2.28. The second-order valence-electron chi connectivity index (χ2n) is 5.64. The summed E-state index contributed by atoms with van der Waals surface area (Å²) >= 11 is 1.55. The molecular formula is C15H19N5O2S. The number of hydrazine groups is 1. The quantitative estimate of drug-likeness (QED) is 0.746. The third kappa shape index (κ3) is 3.76. The SMILES string of the molecule is Cc1nnc(NNC(=O)c2cc3c(s2)CCCCCC3)[nH]c1=O. The summed E-state index contributed by atoms with van der Waals surface area (Å²) in [7, 11) is 0. The molecule has 0 unspecified atom stereocenters. The molecule has 0 aliphatic heterocycles. The van der Waals surface area contributed by atoms with E-state index in [0.717, 1.165) is 12.8 Å². The fourth-order valence-electron chi connectivity index (χ4n) is 2.58. The van der Waals surface area contributed by atoms with Crippen molar-refractivity contribution < 1.29 is 4.79 Å². The van der Waals surface area contributed by atoms with Crippen LogP contribution < -0.4 is 16.4 Å². The molecule has 0 spiro atoms. The molecule has 7 nitrogen and oxygen atoms in total. The highest BCUT2D eigenvalue weighted by Gasteiger charge is 2.16. The average molecular weight is 333 g/mol. The van der Waals surface area contributed by atoms with Gasteiger partial charge in [0.2, 0.25) is 5.95 Å². The van der Waals surface area contributed by atoms with Gasteiger partial charge in [0.05, 0.1) is 4.88 Å². The van der Waals surface area contributed by atoms with E-state index in [0.29, 0.717) is 4.88 Å². The summed E-state index contributed by atoms with van der Waals surface area (Å²) in [5.74, 6) is -0.117. The molecule has 2 aromatic heterocycles.